The SMILES string of the molecule is O=C(O)COCC(=O)N1CCc2ccc(F)cc21. The number of carbonyl (C=O) groups excluding carboxylic acids is 1. The molecule has 2 rings (SSSR count). The van der Waals surface area contributed by atoms with Crippen LogP contribution >= 0.6 is 0 Å². The number of hydrogen-bond acceptors (Lipinski definition) is 3. The van der Waals surface area contributed by atoms with Gasteiger partial charge in [-0.1, -0.05) is 6.07 Å². The van der Waals surface area contributed by atoms with Crippen molar-refractivity contribution in [2.45, 2.75) is 6.42 Å². The van der Waals surface area contributed by atoms with Crippen LogP contribution in [0.15, 0.2) is 18.2 Å². The van der Waals surface area contributed by atoms with E-state index in [1.54, 1.807) is 6.07 Å². The molecule has 1 aliphatic heterocycles. The molecule has 0 aromatic heterocycles. The van der Waals surface area contributed by atoms with Crippen LogP contribution in [0.1, 0.15) is 5.56 Å². The summed E-state index contributed by atoms with van der Waals surface area (Å²) in [5.74, 6) is -1.89. The quantitative estimate of drug-likeness (QED) is 0.862. The molecule has 5 nitrogen and oxygen atoms in total. The standard InChI is InChI=1S/C12H12FNO4/c13-9-2-1-8-3-4-14(10(8)5-9)11(15)6-18-7-12(16)17/h1-2,5H,3-4,6-7H2,(H,16,17). The Morgan fingerprint density at radius 2 is 2.17 bits per heavy atom. The Balaban J connectivity index is 2.02. The Morgan fingerprint density at radius 1 is 1.39 bits per heavy atom. The van der Waals surface area contributed by atoms with Gasteiger partial charge in [-0.25, -0.2) is 9.18 Å². The number of rotatable bonds is 4. The zero-order valence-corrected chi connectivity index (χ0v) is 9.56. The molecule has 0 aliphatic carbocycles. The van der Waals surface area contributed by atoms with Crippen molar-refractivity contribution in [2.75, 3.05) is 24.7 Å². The van der Waals surface area contributed by atoms with Gasteiger partial charge in [0, 0.05) is 12.2 Å². The summed E-state index contributed by atoms with van der Waals surface area (Å²) >= 11 is 0. The number of hydrogen-bond donors (Lipinski definition) is 1. The van der Waals surface area contributed by atoms with E-state index in [9.17, 15) is 14.0 Å². The van der Waals surface area contributed by atoms with E-state index in [0.29, 0.717) is 18.7 Å². The zero-order chi connectivity index (χ0) is 13.1. The summed E-state index contributed by atoms with van der Waals surface area (Å²) in [4.78, 5) is 23.4. The van der Waals surface area contributed by atoms with Crippen LogP contribution in [0.4, 0.5) is 10.1 Å². The van der Waals surface area contributed by atoms with Gasteiger partial charge in [0.25, 0.3) is 5.91 Å². The summed E-state index contributed by atoms with van der Waals surface area (Å²) in [7, 11) is 0. The molecule has 96 valence electrons. The monoisotopic (exact) mass is 253 g/mol. The number of ether oxygens (including phenoxy) is 1. The summed E-state index contributed by atoms with van der Waals surface area (Å²) in [5.41, 5.74) is 1.45. The molecule has 6 heteroatoms. The number of halogens is 1. The van der Waals surface area contributed by atoms with Crippen LogP contribution in [0.5, 0.6) is 0 Å². The van der Waals surface area contributed by atoms with Gasteiger partial charge in [-0.05, 0) is 24.1 Å². The number of anilines is 1. The van der Waals surface area contributed by atoms with Gasteiger partial charge in [-0.2, -0.15) is 0 Å². The molecule has 1 N–H and O–H groups in total. The van der Waals surface area contributed by atoms with Gasteiger partial charge in [-0.3, -0.25) is 4.79 Å². The van der Waals surface area contributed by atoms with Crippen LogP contribution in [0.3, 0.4) is 0 Å². The van der Waals surface area contributed by atoms with Crippen LogP contribution in [0.2, 0.25) is 0 Å². The average Bonchev–Trinajstić information content (AvgIpc) is 2.71. The Hall–Kier alpha value is -1.95. The maximum Gasteiger partial charge on any atom is 0.329 e. The number of fused-ring (bicyclic) bond motifs is 1. The van der Waals surface area contributed by atoms with Crippen molar-refractivity contribution in [3.05, 3.63) is 29.6 Å². The minimum atomic E-state index is -1.13. The molecule has 0 bridgehead atoms. The topological polar surface area (TPSA) is 66.8 Å². The Bertz CT molecular complexity index is 489. The predicted molar refractivity (Wildman–Crippen MR) is 60.9 cm³/mol. The molecule has 0 saturated heterocycles. The number of aliphatic carboxylic acids is 1. The third-order valence-electron chi connectivity index (χ3n) is 2.70. The van der Waals surface area contributed by atoms with Gasteiger partial charge >= 0.3 is 5.97 Å². The lowest BCUT2D eigenvalue weighted by molar-refractivity contribution is -0.143. The van der Waals surface area contributed by atoms with E-state index >= 15 is 0 Å². The van der Waals surface area contributed by atoms with Crippen molar-refractivity contribution >= 4 is 17.6 Å². The van der Waals surface area contributed by atoms with Crippen molar-refractivity contribution in [3.8, 4) is 0 Å². The number of carbonyl (C=O) groups is 2. The fourth-order valence-electron chi connectivity index (χ4n) is 1.91. The van der Waals surface area contributed by atoms with Crippen LogP contribution < -0.4 is 4.90 Å². The molecule has 1 aromatic carbocycles. The number of amides is 1. The maximum absolute atomic E-state index is 13.1. The number of benzene rings is 1. The zero-order valence-electron chi connectivity index (χ0n) is 9.56. The van der Waals surface area contributed by atoms with Crippen LogP contribution in [-0.4, -0.2) is 36.7 Å². The summed E-state index contributed by atoms with van der Waals surface area (Å²) in [6.07, 6.45) is 0.667. The van der Waals surface area contributed by atoms with Gasteiger partial charge in [0.2, 0.25) is 0 Å². The van der Waals surface area contributed by atoms with E-state index in [-0.39, 0.29) is 12.5 Å². The summed E-state index contributed by atoms with van der Waals surface area (Å²) in [5, 5.41) is 8.39. The molecule has 1 aliphatic rings. The van der Waals surface area contributed by atoms with E-state index < -0.39 is 18.4 Å². The fraction of sp³-hybridized carbons (Fsp3) is 0.333. The van der Waals surface area contributed by atoms with Crippen molar-refractivity contribution in [1.82, 2.24) is 0 Å². The lowest BCUT2D eigenvalue weighted by atomic mass is 10.2. The second-order valence-electron chi connectivity index (χ2n) is 3.95. The smallest absolute Gasteiger partial charge is 0.329 e. The maximum atomic E-state index is 13.1. The van der Waals surface area contributed by atoms with Gasteiger partial charge < -0.3 is 14.7 Å². The van der Waals surface area contributed by atoms with E-state index in [0.717, 1.165) is 5.56 Å². The van der Waals surface area contributed by atoms with Gasteiger partial charge in [0.1, 0.15) is 19.0 Å². The molecule has 0 atom stereocenters. The lowest BCUT2D eigenvalue weighted by Crippen LogP contribution is -2.33. The molecule has 0 fully saturated rings. The van der Waals surface area contributed by atoms with Crippen molar-refractivity contribution in [1.29, 1.82) is 0 Å². The third-order valence-corrected chi connectivity index (χ3v) is 2.70. The molecule has 0 radical (unpaired) electrons. The highest BCUT2D eigenvalue weighted by molar-refractivity contribution is 5.96. The molecule has 0 saturated carbocycles. The Morgan fingerprint density at radius 3 is 2.89 bits per heavy atom. The van der Waals surface area contributed by atoms with E-state index in [1.165, 1.54) is 17.0 Å². The van der Waals surface area contributed by atoms with E-state index in [2.05, 4.69) is 0 Å². The summed E-state index contributed by atoms with van der Waals surface area (Å²) < 4.78 is 17.8. The van der Waals surface area contributed by atoms with Crippen LogP contribution in [0.25, 0.3) is 0 Å². The first-order valence-corrected chi connectivity index (χ1v) is 5.46. The highest BCUT2D eigenvalue weighted by Crippen LogP contribution is 2.28. The van der Waals surface area contributed by atoms with Crippen molar-refractivity contribution in [3.63, 3.8) is 0 Å². The molecular formula is C12H12FNO4. The van der Waals surface area contributed by atoms with Gasteiger partial charge in [0.15, 0.2) is 0 Å². The first-order valence-electron chi connectivity index (χ1n) is 5.46. The number of carboxylic acid groups (broad SMARTS) is 1. The first kappa shape index (κ1) is 12.5. The summed E-state index contributed by atoms with van der Waals surface area (Å²) in [6.45, 7) is -0.369. The predicted octanol–water partition coefficient (Wildman–Crippen LogP) is 0.816. The molecule has 0 spiro atoms. The van der Waals surface area contributed by atoms with Crippen molar-refractivity contribution < 1.29 is 23.8 Å². The molecule has 1 aromatic rings. The average molecular weight is 253 g/mol. The minimum Gasteiger partial charge on any atom is -0.480 e. The Kier molecular flexibility index (Phi) is 3.57. The molecular weight excluding hydrogens is 241 g/mol. The highest BCUT2D eigenvalue weighted by Gasteiger charge is 2.25. The van der Waals surface area contributed by atoms with Gasteiger partial charge in [0.05, 0.1) is 0 Å². The summed E-state index contributed by atoms with van der Waals surface area (Å²) in [6, 6.07) is 4.31. The van der Waals surface area contributed by atoms with E-state index in [4.69, 9.17) is 9.84 Å². The fourth-order valence-corrected chi connectivity index (χ4v) is 1.91. The normalized spacial score (nSPS) is 13.5. The van der Waals surface area contributed by atoms with Crippen molar-refractivity contribution in [2.24, 2.45) is 0 Å². The molecule has 0 unspecified atom stereocenters. The number of nitrogens with zero attached hydrogens (tertiary/aromatic N) is 1. The second kappa shape index (κ2) is 5.14. The third kappa shape index (κ3) is 2.65. The Labute approximate surface area is 103 Å². The largest absolute Gasteiger partial charge is 0.480 e. The second-order valence-corrected chi connectivity index (χ2v) is 3.95. The molecule has 18 heavy (non-hydrogen) atoms. The molecule has 1 amide bonds. The number of carboxylic acids is 1. The highest BCUT2D eigenvalue weighted by atomic mass is 19.1. The lowest BCUT2D eigenvalue weighted by Gasteiger charge is -2.17. The van der Waals surface area contributed by atoms with Gasteiger partial charge in [-0.15, -0.1) is 0 Å². The van der Waals surface area contributed by atoms with Crippen LogP contribution in [0, 0.1) is 5.82 Å². The van der Waals surface area contributed by atoms with Crippen LogP contribution in [-0.2, 0) is 20.7 Å². The van der Waals surface area contributed by atoms with E-state index in [1.807, 2.05) is 0 Å². The minimum absolute atomic E-state index is 0.317. The first-order chi connectivity index (χ1) is 8.58. The molecule has 1 heterocycles.